The summed E-state index contributed by atoms with van der Waals surface area (Å²) in [5, 5.41) is 29.9. The second-order valence-corrected chi connectivity index (χ2v) is 10.7. The van der Waals surface area contributed by atoms with E-state index in [0.717, 1.165) is 58.4 Å². The Kier molecular flexibility index (Phi) is 11.4. The zero-order chi connectivity index (χ0) is 33.2. The zero-order valence-electron chi connectivity index (χ0n) is 25.4. The minimum absolute atomic E-state index is 0.133. The lowest BCUT2D eigenvalue weighted by molar-refractivity contribution is -0.497. The van der Waals surface area contributed by atoms with Crippen molar-refractivity contribution in [2.75, 3.05) is 0 Å². The molecule has 0 amide bonds. The standard InChI is InChI=1S/C32H32ClN7O7/c1-2-3-12-29-34-30(33)28(18-41)38(29)17-22-13-15-23(16-14-22)26-10-6-7-11-27(26)31-35-37-39(36-31)21-46-32(42)45-19-24-8-4-5-9-25(24)20-47-40(43)44/h4-11,13-16,18,43-44H,2-3,12,17,19-21H2,1H3. The van der Waals surface area contributed by atoms with Gasteiger partial charge in [-0.3, -0.25) is 15.2 Å². The van der Waals surface area contributed by atoms with Gasteiger partial charge in [0.1, 0.15) is 18.1 Å². The van der Waals surface area contributed by atoms with Crippen LogP contribution in [0.3, 0.4) is 0 Å². The highest BCUT2D eigenvalue weighted by molar-refractivity contribution is 6.31. The summed E-state index contributed by atoms with van der Waals surface area (Å²) < 4.78 is 12.2. The Hall–Kier alpha value is -4.99. The molecule has 0 spiro atoms. The molecule has 0 atom stereocenters. The third-order valence-corrected chi connectivity index (χ3v) is 7.51. The van der Waals surface area contributed by atoms with E-state index >= 15 is 0 Å². The molecule has 0 aliphatic heterocycles. The molecule has 3 aromatic carbocycles. The van der Waals surface area contributed by atoms with Crippen LogP contribution < -0.4 is 0 Å². The monoisotopic (exact) mass is 661 g/mol. The maximum atomic E-state index is 12.2. The number of hydrogen-bond donors (Lipinski definition) is 2. The van der Waals surface area contributed by atoms with Crippen LogP contribution in [0.4, 0.5) is 4.79 Å². The van der Waals surface area contributed by atoms with E-state index in [9.17, 15) is 9.59 Å². The SMILES string of the molecule is CCCCc1nc(Cl)c(C=O)n1Cc1ccc(-c2ccccc2-c2nnn(COC(=O)OCc3ccccc3CON(O)O)n2)cc1. The van der Waals surface area contributed by atoms with Crippen LogP contribution in [0.2, 0.25) is 5.15 Å². The number of aromatic nitrogens is 6. The van der Waals surface area contributed by atoms with Crippen molar-refractivity contribution in [3.8, 4) is 22.5 Å². The number of tetrazole rings is 1. The van der Waals surface area contributed by atoms with E-state index in [0.29, 0.717) is 29.2 Å². The average molecular weight is 662 g/mol. The summed E-state index contributed by atoms with van der Waals surface area (Å²) in [6.07, 6.45) is 2.47. The highest BCUT2D eigenvalue weighted by Crippen LogP contribution is 2.30. The summed E-state index contributed by atoms with van der Waals surface area (Å²) >= 11 is 6.24. The van der Waals surface area contributed by atoms with Gasteiger partial charge in [0.05, 0.1) is 12.0 Å². The van der Waals surface area contributed by atoms with E-state index in [2.05, 4.69) is 32.2 Å². The minimum Gasteiger partial charge on any atom is -0.429 e. The number of aldehydes is 1. The molecule has 0 fully saturated rings. The number of aryl methyl sites for hydroxylation is 1. The number of rotatable bonds is 15. The van der Waals surface area contributed by atoms with Crippen LogP contribution in [0, 0.1) is 0 Å². The van der Waals surface area contributed by atoms with Gasteiger partial charge in [-0.05, 0) is 39.5 Å². The smallest absolute Gasteiger partial charge is 0.429 e. The molecule has 47 heavy (non-hydrogen) atoms. The summed E-state index contributed by atoms with van der Waals surface area (Å²) in [7, 11) is 0. The molecule has 0 radical (unpaired) electrons. The molecule has 2 aromatic heterocycles. The third kappa shape index (κ3) is 8.64. The molecular weight excluding hydrogens is 630 g/mol. The molecular formula is C32H32ClN7O7. The summed E-state index contributed by atoms with van der Waals surface area (Å²) in [6, 6.07) is 22.4. The van der Waals surface area contributed by atoms with Gasteiger partial charge in [-0.1, -0.05) is 97.7 Å². The molecule has 0 bridgehead atoms. The molecule has 2 N–H and O–H groups in total. The fourth-order valence-electron chi connectivity index (χ4n) is 4.86. The predicted octanol–water partition coefficient (Wildman–Crippen LogP) is 5.88. The van der Waals surface area contributed by atoms with Crippen molar-refractivity contribution in [2.24, 2.45) is 0 Å². The van der Waals surface area contributed by atoms with Gasteiger partial charge in [-0.25, -0.2) is 14.6 Å². The number of benzene rings is 3. The number of carbonyl (C=O) groups excluding carboxylic acids is 2. The van der Waals surface area contributed by atoms with Crippen molar-refractivity contribution in [3.05, 3.63) is 106 Å². The fourth-order valence-corrected chi connectivity index (χ4v) is 5.10. The van der Waals surface area contributed by atoms with Crippen molar-refractivity contribution in [3.63, 3.8) is 0 Å². The molecule has 5 rings (SSSR count). The van der Waals surface area contributed by atoms with Crippen molar-refractivity contribution in [2.45, 2.75) is 52.7 Å². The Balaban J connectivity index is 1.22. The Bertz CT molecular complexity index is 1810. The van der Waals surface area contributed by atoms with E-state index < -0.39 is 11.5 Å². The van der Waals surface area contributed by atoms with Gasteiger partial charge in [0, 0.05) is 18.5 Å². The number of imidazole rings is 1. The number of unbranched alkanes of at least 4 members (excludes halogenated alkanes) is 1. The van der Waals surface area contributed by atoms with Crippen molar-refractivity contribution in [1.82, 2.24) is 35.1 Å². The average Bonchev–Trinajstić information content (AvgIpc) is 3.68. The largest absolute Gasteiger partial charge is 0.510 e. The molecule has 0 unspecified atom stereocenters. The third-order valence-electron chi connectivity index (χ3n) is 7.23. The Morgan fingerprint density at radius 3 is 2.36 bits per heavy atom. The van der Waals surface area contributed by atoms with E-state index in [4.69, 9.17) is 31.5 Å². The molecule has 2 heterocycles. The van der Waals surface area contributed by atoms with Crippen LogP contribution in [0.15, 0.2) is 72.8 Å². The number of ether oxygens (including phenoxy) is 2. The van der Waals surface area contributed by atoms with Gasteiger partial charge >= 0.3 is 6.16 Å². The molecule has 15 heteroatoms. The second kappa shape index (κ2) is 16.0. The summed E-state index contributed by atoms with van der Waals surface area (Å²) in [5.41, 5.74) is 5.03. The van der Waals surface area contributed by atoms with Gasteiger partial charge in [0.25, 0.3) is 0 Å². The molecule has 0 saturated heterocycles. The number of hydrogen-bond acceptors (Lipinski definition) is 12. The minimum atomic E-state index is -0.957. The first-order valence-electron chi connectivity index (χ1n) is 14.7. The first-order valence-corrected chi connectivity index (χ1v) is 15.1. The lowest BCUT2D eigenvalue weighted by Crippen LogP contribution is -2.16. The second-order valence-electron chi connectivity index (χ2n) is 10.3. The van der Waals surface area contributed by atoms with E-state index in [1.807, 2.05) is 53.1 Å². The first kappa shape index (κ1) is 33.4. The van der Waals surface area contributed by atoms with Crippen LogP contribution in [0.25, 0.3) is 22.5 Å². The fraction of sp³-hybridized carbons (Fsp3) is 0.250. The molecule has 5 aromatic rings. The highest BCUT2D eigenvalue weighted by atomic mass is 35.5. The summed E-state index contributed by atoms with van der Waals surface area (Å²) in [6.45, 7) is 1.94. The Morgan fingerprint density at radius 2 is 1.66 bits per heavy atom. The van der Waals surface area contributed by atoms with Gasteiger partial charge in [0.15, 0.2) is 11.4 Å². The molecule has 244 valence electrons. The maximum Gasteiger partial charge on any atom is 0.510 e. The highest BCUT2D eigenvalue weighted by Gasteiger charge is 2.17. The van der Waals surface area contributed by atoms with Gasteiger partial charge in [-0.15, -0.1) is 15.0 Å². The van der Waals surface area contributed by atoms with E-state index in [1.54, 1.807) is 24.3 Å². The van der Waals surface area contributed by atoms with Crippen molar-refractivity contribution < 1.29 is 34.3 Å². The van der Waals surface area contributed by atoms with Crippen molar-refractivity contribution in [1.29, 1.82) is 0 Å². The molecule has 0 saturated carbocycles. The quantitative estimate of drug-likeness (QED) is 0.0777. The van der Waals surface area contributed by atoms with Crippen LogP contribution in [0.5, 0.6) is 0 Å². The van der Waals surface area contributed by atoms with Crippen LogP contribution >= 0.6 is 11.6 Å². The van der Waals surface area contributed by atoms with Gasteiger partial charge in [0.2, 0.25) is 12.6 Å². The maximum absolute atomic E-state index is 12.2. The predicted molar refractivity (Wildman–Crippen MR) is 167 cm³/mol. The van der Waals surface area contributed by atoms with E-state index in [-0.39, 0.29) is 25.1 Å². The van der Waals surface area contributed by atoms with Crippen LogP contribution in [-0.2, 0) is 47.2 Å². The molecule has 14 nitrogen and oxygen atoms in total. The normalized spacial score (nSPS) is 11.2. The van der Waals surface area contributed by atoms with Crippen molar-refractivity contribution >= 4 is 24.0 Å². The number of nitrogens with zero attached hydrogens (tertiary/aromatic N) is 7. The first-order chi connectivity index (χ1) is 22.9. The summed E-state index contributed by atoms with van der Waals surface area (Å²) in [4.78, 5) is 34.2. The van der Waals surface area contributed by atoms with E-state index in [1.165, 1.54) is 0 Å². The zero-order valence-corrected chi connectivity index (χ0v) is 26.2. The molecule has 0 aliphatic carbocycles. The lowest BCUT2D eigenvalue weighted by Gasteiger charge is -2.11. The lowest BCUT2D eigenvalue weighted by atomic mass is 9.98. The molecule has 0 aliphatic rings. The number of halogens is 1. The van der Waals surface area contributed by atoms with Gasteiger partial charge < -0.3 is 14.0 Å². The van der Waals surface area contributed by atoms with Gasteiger partial charge in [-0.2, -0.15) is 0 Å². The Morgan fingerprint density at radius 1 is 0.957 bits per heavy atom. The topological polar surface area (TPSA) is 167 Å². The number of carbonyl (C=O) groups is 2. The summed E-state index contributed by atoms with van der Waals surface area (Å²) in [5.74, 6) is 1.12. The van der Waals surface area contributed by atoms with Crippen LogP contribution in [-0.4, -0.2) is 58.0 Å². The Labute approximate surface area is 274 Å². The van der Waals surface area contributed by atoms with Crippen LogP contribution in [0.1, 0.15) is 52.8 Å².